The topological polar surface area (TPSA) is 68.1 Å². The van der Waals surface area contributed by atoms with Crippen molar-refractivity contribution in [2.24, 2.45) is 0 Å². The maximum absolute atomic E-state index is 13.7. The summed E-state index contributed by atoms with van der Waals surface area (Å²) in [5, 5.41) is 2.73. The van der Waals surface area contributed by atoms with Gasteiger partial charge in [0.2, 0.25) is 0 Å². The van der Waals surface area contributed by atoms with Gasteiger partial charge in [-0.2, -0.15) is 0 Å². The Bertz CT molecular complexity index is 1300. The summed E-state index contributed by atoms with van der Waals surface area (Å²) >= 11 is 1.50. The SMILES string of the molecule is Cc1cc(=O)c(C(=O)N(C)[C@H](C)c2nccs2)c(CCc2ccccc2)n1Cc1ccccn1. The quantitative estimate of drug-likeness (QED) is 0.374. The normalized spacial score (nSPS) is 11.9. The van der Waals surface area contributed by atoms with Crippen LogP contribution in [0.3, 0.4) is 0 Å². The molecule has 174 valence electrons. The van der Waals surface area contributed by atoms with E-state index < -0.39 is 0 Å². The van der Waals surface area contributed by atoms with Gasteiger partial charge in [-0.1, -0.05) is 36.4 Å². The molecule has 4 aromatic rings. The van der Waals surface area contributed by atoms with E-state index in [-0.39, 0.29) is 22.9 Å². The second kappa shape index (κ2) is 10.6. The van der Waals surface area contributed by atoms with E-state index in [9.17, 15) is 9.59 Å². The van der Waals surface area contributed by atoms with Crippen molar-refractivity contribution in [3.05, 3.63) is 116 Å². The fourth-order valence-electron chi connectivity index (χ4n) is 4.06. The first-order chi connectivity index (χ1) is 16.5. The summed E-state index contributed by atoms with van der Waals surface area (Å²) < 4.78 is 2.06. The van der Waals surface area contributed by atoms with Gasteiger partial charge in [0, 0.05) is 42.3 Å². The number of hydrogen-bond acceptors (Lipinski definition) is 5. The maximum atomic E-state index is 13.7. The van der Waals surface area contributed by atoms with Crippen LogP contribution in [0.25, 0.3) is 0 Å². The highest BCUT2D eigenvalue weighted by molar-refractivity contribution is 7.09. The van der Waals surface area contributed by atoms with Gasteiger partial charge in [0.1, 0.15) is 10.6 Å². The lowest BCUT2D eigenvalue weighted by Gasteiger charge is -2.26. The van der Waals surface area contributed by atoms with E-state index in [1.165, 1.54) is 11.3 Å². The summed E-state index contributed by atoms with van der Waals surface area (Å²) in [5.41, 5.74) is 3.56. The minimum atomic E-state index is -0.287. The molecule has 34 heavy (non-hydrogen) atoms. The summed E-state index contributed by atoms with van der Waals surface area (Å²) in [6, 6.07) is 17.2. The molecular weight excluding hydrogens is 444 g/mol. The van der Waals surface area contributed by atoms with E-state index in [0.29, 0.717) is 13.0 Å². The van der Waals surface area contributed by atoms with Gasteiger partial charge in [0.15, 0.2) is 5.43 Å². The van der Waals surface area contributed by atoms with Gasteiger partial charge in [0.05, 0.1) is 18.3 Å². The monoisotopic (exact) mass is 472 g/mol. The molecule has 0 N–H and O–H groups in total. The Kier molecular flexibility index (Phi) is 7.33. The number of rotatable bonds is 8. The average Bonchev–Trinajstić information content (AvgIpc) is 3.39. The van der Waals surface area contributed by atoms with Gasteiger partial charge in [-0.15, -0.1) is 11.3 Å². The summed E-state index contributed by atoms with van der Waals surface area (Å²) in [6.07, 6.45) is 4.77. The van der Waals surface area contributed by atoms with Gasteiger partial charge in [-0.25, -0.2) is 4.98 Å². The van der Waals surface area contributed by atoms with Gasteiger partial charge in [0.25, 0.3) is 5.91 Å². The van der Waals surface area contributed by atoms with Crippen LogP contribution in [0.15, 0.2) is 77.2 Å². The lowest BCUT2D eigenvalue weighted by Crippen LogP contribution is -2.36. The minimum absolute atomic E-state index is 0.225. The first kappa shape index (κ1) is 23.6. The molecular formula is C27H28N4O2S. The Hall–Kier alpha value is -3.58. The lowest BCUT2D eigenvalue weighted by molar-refractivity contribution is 0.0738. The number of aryl methyl sites for hydroxylation is 2. The smallest absolute Gasteiger partial charge is 0.259 e. The molecule has 3 aromatic heterocycles. The van der Waals surface area contributed by atoms with Crippen molar-refractivity contribution in [3.8, 4) is 0 Å². The van der Waals surface area contributed by atoms with Crippen molar-refractivity contribution in [2.45, 2.75) is 39.3 Å². The van der Waals surface area contributed by atoms with E-state index in [1.807, 2.05) is 55.6 Å². The molecule has 0 aliphatic heterocycles. The van der Waals surface area contributed by atoms with Crippen LogP contribution in [0.5, 0.6) is 0 Å². The molecule has 0 radical (unpaired) electrons. The number of carbonyl (C=O) groups is 1. The summed E-state index contributed by atoms with van der Waals surface area (Å²) in [6.45, 7) is 4.33. The number of carbonyl (C=O) groups excluding carboxylic acids is 1. The Morgan fingerprint density at radius 1 is 1.06 bits per heavy atom. The Morgan fingerprint density at radius 2 is 1.82 bits per heavy atom. The van der Waals surface area contributed by atoms with E-state index in [4.69, 9.17) is 0 Å². The Balaban J connectivity index is 1.77. The van der Waals surface area contributed by atoms with Gasteiger partial charge < -0.3 is 9.47 Å². The molecule has 1 amide bonds. The van der Waals surface area contributed by atoms with Gasteiger partial charge in [-0.3, -0.25) is 14.6 Å². The molecule has 0 aliphatic rings. The molecule has 1 atom stereocenters. The highest BCUT2D eigenvalue weighted by atomic mass is 32.1. The maximum Gasteiger partial charge on any atom is 0.259 e. The second-order valence-electron chi connectivity index (χ2n) is 8.33. The third kappa shape index (κ3) is 5.15. The number of aromatic nitrogens is 3. The molecule has 0 saturated carbocycles. The summed E-state index contributed by atoms with van der Waals surface area (Å²) in [4.78, 5) is 37.4. The summed E-state index contributed by atoms with van der Waals surface area (Å²) in [5.74, 6) is -0.287. The first-order valence-electron chi connectivity index (χ1n) is 11.3. The van der Waals surface area contributed by atoms with Crippen molar-refractivity contribution < 1.29 is 4.79 Å². The van der Waals surface area contributed by atoms with Crippen molar-refractivity contribution in [3.63, 3.8) is 0 Å². The fourth-order valence-corrected chi connectivity index (χ4v) is 4.80. The Morgan fingerprint density at radius 3 is 2.50 bits per heavy atom. The van der Waals surface area contributed by atoms with Crippen LogP contribution in [0.4, 0.5) is 0 Å². The van der Waals surface area contributed by atoms with Crippen LogP contribution in [-0.2, 0) is 19.4 Å². The third-order valence-electron chi connectivity index (χ3n) is 6.09. The molecule has 1 aromatic carbocycles. The van der Waals surface area contributed by atoms with Crippen LogP contribution >= 0.6 is 11.3 Å². The number of benzene rings is 1. The molecule has 0 aliphatic carbocycles. The van der Waals surface area contributed by atoms with Gasteiger partial charge in [-0.05, 0) is 44.4 Å². The third-order valence-corrected chi connectivity index (χ3v) is 7.04. The minimum Gasteiger partial charge on any atom is -0.342 e. The van der Waals surface area contributed by atoms with Crippen molar-refractivity contribution in [1.82, 2.24) is 19.4 Å². The zero-order valence-corrected chi connectivity index (χ0v) is 20.5. The number of amides is 1. The lowest BCUT2D eigenvalue weighted by atomic mass is 10.0. The highest BCUT2D eigenvalue weighted by Gasteiger charge is 2.27. The number of thiazole rings is 1. The predicted octanol–water partition coefficient (Wildman–Crippen LogP) is 4.67. The molecule has 0 bridgehead atoms. The van der Waals surface area contributed by atoms with Crippen LogP contribution in [0.2, 0.25) is 0 Å². The standard InChI is InChI=1S/C27H28N4O2S/c1-19-17-24(32)25(27(33)30(3)20(2)26-29-15-16-34-26)23(13-12-21-9-5-4-6-10-21)31(19)18-22-11-7-8-14-28-22/h4-11,14-17,20H,12-13,18H2,1-3H3/t20-/m1/s1. The number of nitrogens with zero attached hydrogens (tertiary/aromatic N) is 4. The van der Waals surface area contributed by atoms with Crippen LogP contribution in [0.1, 0.15) is 51.0 Å². The number of hydrogen-bond donors (Lipinski definition) is 0. The zero-order valence-electron chi connectivity index (χ0n) is 19.6. The summed E-state index contributed by atoms with van der Waals surface area (Å²) in [7, 11) is 1.73. The van der Waals surface area contributed by atoms with Crippen LogP contribution in [0, 0.1) is 6.92 Å². The van der Waals surface area contributed by atoms with Crippen molar-refractivity contribution in [2.75, 3.05) is 7.05 Å². The molecule has 3 heterocycles. The van der Waals surface area contributed by atoms with E-state index in [2.05, 4.69) is 26.7 Å². The largest absolute Gasteiger partial charge is 0.342 e. The first-order valence-corrected chi connectivity index (χ1v) is 12.2. The predicted molar refractivity (Wildman–Crippen MR) is 135 cm³/mol. The molecule has 0 unspecified atom stereocenters. The average molecular weight is 473 g/mol. The van der Waals surface area contributed by atoms with Crippen molar-refractivity contribution in [1.29, 1.82) is 0 Å². The van der Waals surface area contributed by atoms with Crippen LogP contribution < -0.4 is 5.43 Å². The fraction of sp³-hybridized carbons (Fsp3) is 0.259. The highest BCUT2D eigenvalue weighted by Crippen LogP contribution is 2.24. The molecule has 0 fully saturated rings. The molecule has 0 saturated heterocycles. The molecule has 7 heteroatoms. The Labute approximate surface area is 203 Å². The second-order valence-corrected chi connectivity index (χ2v) is 9.25. The molecule has 4 rings (SSSR count). The van der Waals surface area contributed by atoms with E-state index in [0.717, 1.165) is 34.1 Å². The molecule has 0 spiro atoms. The van der Waals surface area contributed by atoms with E-state index in [1.54, 1.807) is 30.4 Å². The van der Waals surface area contributed by atoms with E-state index >= 15 is 0 Å². The molecule has 6 nitrogen and oxygen atoms in total. The number of pyridine rings is 2. The van der Waals surface area contributed by atoms with Gasteiger partial charge >= 0.3 is 0 Å². The van der Waals surface area contributed by atoms with Crippen LogP contribution in [-0.4, -0.2) is 32.4 Å². The van der Waals surface area contributed by atoms with Crippen molar-refractivity contribution >= 4 is 17.2 Å². The zero-order chi connectivity index (χ0) is 24.1.